The van der Waals surface area contributed by atoms with Gasteiger partial charge in [-0.15, -0.1) is 0 Å². The van der Waals surface area contributed by atoms with E-state index in [-0.39, 0.29) is 17.9 Å². The average Bonchev–Trinajstić information content (AvgIpc) is 2.89. The molecule has 0 bridgehead atoms. The highest BCUT2D eigenvalue weighted by atomic mass is 16.2. The lowest BCUT2D eigenvalue weighted by Gasteiger charge is -2.38. The smallest absolute Gasteiger partial charge is 0.322 e. The van der Waals surface area contributed by atoms with Gasteiger partial charge in [-0.3, -0.25) is 15.0 Å². The fourth-order valence-corrected chi connectivity index (χ4v) is 3.76. The summed E-state index contributed by atoms with van der Waals surface area (Å²) in [6.45, 7) is 4.61. The Labute approximate surface area is 155 Å². The van der Waals surface area contributed by atoms with Crippen LogP contribution in [0.5, 0.6) is 0 Å². The fourth-order valence-electron chi connectivity index (χ4n) is 3.76. The van der Waals surface area contributed by atoms with Crippen LogP contribution < -0.4 is 15.5 Å². The molecular formula is C20H28N4O2. The molecule has 1 aromatic rings. The molecule has 0 aliphatic carbocycles. The molecule has 0 radical (unpaired) electrons. The van der Waals surface area contributed by atoms with Gasteiger partial charge in [-0.1, -0.05) is 24.3 Å². The normalized spacial score (nSPS) is 24.7. The molecule has 2 fully saturated rings. The van der Waals surface area contributed by atoms with E-state index in [4.69, 9.17) is 0 Å². The van der Waals surface area contributed by atoms with E-state index in [1.54, 1.807) is 0 Å². The minimum atomic E-state index is -0.757. The number of imide groups is 1. The van der Waals surface area contributed by atoms with Gasteiger partial charge in [0.2, 0.25) is 0 Å². The van der Waals surface area contributed by atoms with Crippen LogP contribution in [0.2, 0.25) is 0 Å². The summed E-state index contributed by atoms with van der Waals surface area (Å²) >= 11 is 0. The Morgan fingerprint density at radius 3 is 2.38 bits per heavy atom. The number of piperidine rings is 1. The second-order valence-electron chi connectivity index (χ2n) is 7.57. The number of rotatable bonds is 5. The van der Waals surface area contributed by atoms with Gasteiger partial charge in [0.1, 0.15) is 5.54 Å². The standard InChI is InChI=1S/C20H28N4O2/c1-20(18(25)21-19(26)22-20)16-10-13-24(14-11-16)12-4-5-15-6-8-17(9-7-15)23(2)3/h4-9,16H,10-14H2,1-3H3,(H2,21,22,25,26)/b5-4+. The van der Waals surface area contributed by atoms with Crippen LogP contribution in [0.25, 0.3) is 6.08 Å². The molecule has 6 nitrogen and oxygen atoms in total. The zero-order valence-electron chi connectivity index (χ0n) is 15.8. The van der Waals surface area contributed by atoms with Crippen molar-refractivity contribution in [2.45, 2.75) is 25.3 Å². The fraction of sp³-hybridized carbons (Fsp3) is 0.500. The SMILES string of the molecule is CN(C)c1ccc(/C=C/CN2CCC(C3(C)NC(=O)NC3=O)CC2)cc1. The van der Waals surface area contributed by atoms with E-state index in [1.807, 2.05) is 21.0 Å². The van der Waals surface area contributed by atoms with E-state index < -0.39 is 5.54 Å². The van der Waals surface area contributed by atoms with Crippen LogP contribution in [0, 0.1) is 5.92 Å². The molecule has 0 saturated carbocycles. The third-order valence-corrected chi connectivity index (χ3v) is 5.56. The van der Waals surface area contributed by atoms with Crippen molar-refractivity contribution in [2.75, 3.05) is 38.6 Å². The molecule has 2 N–H and O–H groups in total. The zero-order valence-corrected chi connectivity index (χ0v) is 15.8. The van der Waals surface area contributed by atoms with E-state index in [9.17, 15) is 9.59 Å². The van der Waals surface area contributed by atoms with Crippen molar-refractivity contribution in [3.8, 4) is 0 Å². The molecule has 26 heavy (non-hydrogen) atoms. The average molecular weight is 356 g/mol. The number of nitrogens with zero attached hydrogens (tertiary/aromatic N) is 2. The number of likely N-dealkylation sites (tertiary alicyclic amines) is 1. The van der Waals surface area contributed by atoms with E-state index in [0.717, 1.165) is 32.5 Å². The molecule has 1 aromatic carbocycles. The van der Waals surface area contributed by atoms with E-state index in [1.165, 1.54) is 11.3 Å². The predicted molar refractivity (Wildman–Crippen MR) is 104 cm³/mol. The Morgan fingerprint density at radius 2 is 1.85 bits per heavy atom. The Hall–Kier alpha value is -2.34. The summed E-state index contributed by atoms with van der Waals surface area (Å²) in [4.78, 5) is 28.0. The second kappa shape index (κ2) is 7.50. The highest BCUT2D eigenvalue weighted by molar-refractivity contribution is 6.06. The third-order valence-electron chi connectivity index (χ3n) is 5.56. The van der Waals surface area contributed by atoms with Gasteiger partial charge < -0.3 is 10.2 Å². The molecule has 2 aliphatic rings. The number of amides is 3. The summed E-state index contributed by atoms with van der Waals surface area (Å²) in [5.74, 6) is -0.00484. The van der Waals surface area contributed by atoms with Gasteiger partial charge in [0.15, 0.2) is 0 Å². The minimum absolute atomic E-state index is 0.188. The lowest BCUT2D eigenvalue weighted by Crippen LogP contribution is -2.53. The summed E-state index contributed by atoms with van der Waals surface area (Å²) < 4.78 is 0. The molecule has 2 heterocycles. The monoisotopic (exact) mass is 356 g/mol. The first kappa shape index (κ1) is 18.5. The summed E-state index contributed by atoms with van der Waals surface area (Å²) in [5.41, 5.74) is 1.64. The predicted octanol–water partition coefficient (Wildman–Crippen LogP) is 2.08. The number of carbonyl (C=O) groups excluding carboxylic acids is 2. The van der Waals surface area contributed by atoms with Crippen LogP contribution in [0.3, 0.4) is 0 Å². The van der Waals surface area contributed by atoms with Gasteiger partial charge in [-0.25, -0.2) is 4.79 Å². The van der Waals surface area contributed by atoms with Gasteiger partial charge in [0.05, 0.1) is 0 Å². The number of hydrogen-bond donors (Lipinski definition) is 2. The Morgan fingerprint density at radius 1 is 1.19 bits per heavy atom. The van der Waals surface area contributed by atoms with Crippen LogP contribution in [0.4, 0.5) is 10.5 Å². The van der Waals surface area contributed by atoms with Crippen molar-refractivity contribution in [3.63, 3.8) is 0 Å². The van der Waals surface area contributed by atoms with Crippen molar-refractivity contribution >= 4 is 23.7 Å². The number of urea groups is 1. The maximum absolute atomic E-state index is 12.1. The van der Waals surface area contributed by atoms with E-state index in [2.05, 4.69) is 56.9 Å². The van der Waals surface area contributed by atoms with Gasteiger partial charge in [0.25, 0.3) is 5.91 Å². The van der Waals surface area contributed by atoms with Crippen molar-refractivity contribution in [3.05, 3.63) is 35.9 Å². The first-order chi connectivity index (χ1) is 12.4. The number of hydrogen-bond acceptors (Lipinski definition) is 4. The zero-order chi connectivity index (χ0) is 18.7. The molecule has 3 rings (SSSR count). The first-order valence-electron chi connectivity index (χ1n) is 9.18. The topological polar surface area (TPSA) is 64.7 Å². The van der Waals surface area contributed by atoms with Crippen LogP contribution in [0.1, 0.15) is 25.3 Å². The summed E-state index contributed by atoms with van der Waals surface area (Å²) in [5, 5.41) is 5.17. The number of nitrogens with one attached hydrogen (secondary N) is 2. The molecule has 2 saturated heterocycles. The van der Waals surface area contributed by atoms with Crippen LogP contribution >= 0.6 is 0 Å². The van der Waals surface area contributed by atoms with Crippen molar-refractivity contribution in [1.29, 1.82) is 0 Å². The quantitative estimate of drug-likeness (QED) is 0.793. The highest BCUT2D eigenvalue weighted by Crippen LogP contribution is 2.30. The maximum Gasteiger partial charge on any atom is 0.322 e. The van der Waals surface area contributed by atoms with Crippen LogP contribution in [0.15, 0.2) is 30.3 Å². The summed E-state index contributed by atoms with van der Waals surface area (Å²) in [7, 11) is 4.07. The van der Waals surface area contributed by atoms with Gasteiger partial charge >= 0.3 is 6.03 Å². The largest absolute Gasteiger partial charge is 0.378 e. The number of carbonyl (C=O) groups is 2. The van der Waals surface area contributed by atoms with Crippen molar-refractivity contribution in [1.82, 2.24) is 15.5 Å². The molecule has 1 unspecified atom stereocenters. The van der Waals surface area contributed by atoms with Crippen LogP contribution in [-0.2, 0) is 4.79 Å². The number of benzene rings is 1. The Kier molecular flexibility index (Phi) is 5.32. The van der Waals surface area contributed by atoms with Gasteiger partial charge in [-0.05, 0) is 56.5 Å². The van der Waals surface area contributed by atoms with Crippen LogP contribution in [-0.4, -0.2) is 56.1 Å². The Balaban J connectivity index is 1.48. The second-order valence-corrected chi connectivity index (χ2v) is 7.57. The third kappa shape index (κ3) is 3.90. The van der Waals surface area contributed by atoms with E-state index >= 15 is 0 Å². The van der Waals surface area contributed by atoms with Crippen molar-refractivity contribution in [2.24, 2.45) is 5.92 Å². The summed E-state index contributed by atoms with van der Waals surface area (Å²) in [6.07, 6.45) is 6.17. The van der Waals surface area contributed by atoms with Gasteiger partial charge in [0, 0.05) is 26.3 Å². The summed E-state index contributed by atoms with van der Waals surface area (Å²) in [6, 6.07) is 8.11. The molecule has 2 aliphatic heterocycles. The number of anilines is 1. The molecular weight excluding hydrogens is 328 g/mol. The molecule has 6 heteroatoms. The lowest BCUT2D eigenvalue weighted by atomic mass is 9.79. The lowest BCUT2D eigenvalue weighted by molar-refractivity contribution is -0.125. The Bertz CT molecular complexity index is 690. The molecule has 1 atom stereocenters. The maximum atomic E-state index is 12.1. The highest BCUT2D eigenvalue weighted by Gasteiger charge is 2.48. The van der Waals surface area contributed by atoms with Crippen molar-refractivity contribution < 1.29 is 9.59 Å². The van der Waals surface area contributed by atoms with E-state index in [0.29, 0.717) is 0 Å². The molecule has 140 valence electrons. The van der Waals surface area contributed by atoms with Gasteiger partial charge in [-0.2, -0.15) is 0 Å². The molecule has 3 amide bonds. The minimum Gasteiger partial charge on any atom is -0.378 e. The first-order valence-corrected chi connectivity index (χ1v) is 9.18. The molecule has 0 aromatic heterocycles. The molecule has 0 spiro atoms.